The zero-order valence-corrected chi connectivity index (χ0v) is 12.7. The molecule has 0 radical (unpaired) electrons. The lowest BCUT2D eigenvalue weighted by Crippen LogP contribution is -2.46. The van der Waals surface area contributed by atoms with Crippen molar-refractivity contribution in [2.45, 2.75) is 32.7 Å². The third-order valence-electron chi connectivity index (χ3n) is 3.94. The fourth-order valence-electron chi connectivity index (χ4n) is 2.78. The number of rotatable bonds is 4. The number of aryl methyl sites for hydroxylation is 2. The van der Waals surface area contributed by atoms with Crippen molar-refractivity contribution in [3.05, 3.63) is 29.3 Å². The van der Waals surface area contributed by atoms with Gasteiger partial charge in [-0.2, -0.15) is 0 Å². The van der Waals surface area contributed by atoms with Crippen molar-refractivity contribution in [2.75, 3.05) is 32.0 Å². The molecular formula is C16H25N3O. The molecule has 2 rings (SSSR count). The maximum absolute atomic E-state index is 12.1. The highest BCUT2D eigenvalue weighted by Crippen LogP contribution is 2.16. The number of anilines is 1. The van der Waals surface area contributed by atoms with Crippen LogP contribution in [0.5, 0.6) is 0 Å². The molecular weight excluding hydrogens is 250 g/mol. The minimum atomic E-state index is 0.0775. The van der Waals surface area contributed by atoms with Crippen molar-refractivity contribution in [1.82, 2.24) is 10.2 Å². The predicted octanol–water partition coefficient (Wildman–Crippen LogP) is 1.93. The van der Waals surface area contributed by atoms with Gasteiger partial charge in [-0.1, -0.05) is 17.7 Å². The lowest BCUT2D eigenvalue weighted by Gasteiger charge is -2.31. The summed E-state index contributed by atoms with van der Waals surface area (Å²) < 4.78 is 0. The van der Waals surface area contributed by atoms with Crippen molar-refractivity contribution in [3.8, 4) is 0 Å². The summed E-state index contributed by atoms with van der Waals surface area (Å²) in [6.45, 7) is 6.53. The van der Waals surface area contributed by atoms with Crippen LogP contribution in [0.1, 0.15) is 24.0 Å². The number of likely N-dealkylation sites (N-methyl/N-ethyl adjacent to an activating group) is 1. The first kappa shape index (κ1) is 15.0. The van der Waals surface area contributed by atoms with Crippen molar-refractivity contribution >= 4 is 11.6 Å². The van der Waals surface area contributed by atoms with Gasteiger partial charge in [-0.3, -0.25) is 9.69 Å². The fourth-order valence-corrected chi connectivity index (χ4v) is 2.78. The highest BCUT2D eigenvalue weighted by molar-refractivity contribution is 5.93. The quantitative estimate of drug-likeness (QED) is 0.882. The Labute approximate surface area is 121 Å². The fraction of sp³-hybridized carbons (Fsp3) is 0.562. The molecule has 1 aromatic carbocycles. The van der Waals surface area contributed by atoms with E-state index in [9.17, 15) is 4.79 Å². The van der Waals surface area contributed by atoms with Crippen LogP contribution in [0.4, 0.5) is 5.69 Å². The summed E-state index contributed by atoms with van der Waals surface area (Å²) >= 11 is 0. The van der Waals surface area contributed by atoms with Gasteiger partial charge in [-0.05, 0) is 51.9 Å². The van der Waals surface area contributed by atoms with Gasteiger partial charge in [0, 0.05) is 18.3 Å². The summed E-state index contributed by atoms with van der Waals surface area (Å²) in [6.07, 6.45) is 2.36. The average molecular weight is 275 g/mol. The SMILES string of the molecule is CNC1CCCN(CC(=O)Nc2ccc(C)cc2C)C1. The molecule has 1 aromatic rings. The summed E-state index contributed by atoms with van der Waals surface area (Å²) in [4.78, 5) is 14.4. The molecule has 20 heavy (non-hydrogen) atoms. The van der Waals surface area contributed by atoms with E-state index in [4.69, 9.17) is 0 Å². The minimum Gasteiger partial charge on any atom is -0.325 e. The number of benzene rings is 1. The van der Waals surface area contributed by atoms with Crippen LogP contribution in [0.15, 0.2) is 18.2 Å². The average Bonchev–Trinajstić information content (AvgIpc) is 2.42. The number of carbonyl (C=O) groups is 1. The second-order valence-corrected chi connectivity index (χ2v) is 5.73. The highest BCUT2D eigenvalue weighted by atomic mass is 16.2. The Balaban J connectivity index is 1.88. The van der Waals surface area contributed by atoms with Crippen LogP contribution in [-0.2, 0) is 4.79 Å². The van der Waals surface area contributed by atoms with Crippen LogP contribution in [0.25, 0.3) is 0 Å². The molecule has 0 aromatic heterocycles. The molecule has 1 amide bonds. The number of nitrogens with zero attached hydrogens (tertiary/aromatic N) is 1. The van der Waals surface area contributed by atoms with E-state index >= 15 is 0 Å². The maximum atomic E-state index is 12.1. The zero-order valence-electron chi connectivity index (χ0n) is 12.7. The molecule has 1 heterocycles. The van der Waals surface area contributed by atoms with Crippen LogP contribution >= 0.6 is 0 Å². The topological polar surface area (TPSA) is 44.4 Å². The number of hydrogen-bond acceptors (Lipinski definition) is 3. The molecule has 2 N–H and O–H groups in total. The van der Waals surface area contributed by atoms with E-state index in [0.29, 0.717) is 12.6 Å². The Hall–Kier alpha value is -1.39. The van der Waals surface area contributed by atoms with E-state index in [1.807, 2.05) is 26.1 Å². The minimum absolute atomic E-state index is 0.0775. The molecule has 0 aliphatic carbocycles. The summed E-state index contributed by atoms with van der Waals surface area (Å²) in [5, 5.41) is 6.32. The molecule has 1 aliphatic heterocycles. The van der Waals surface area contributed by atoms with E-state index in [0.717, 1.165) is 30.8 Å². The van der Waals surface area contributed by atoms with Gasteiger partial charge in [-0.25, -0.2) is 0 Å². The number of piperidine rings is 1. The van der Waals surface area contributed by atoms with Crippen LogP contribution in [0.2, 0.25) is 0 Å². The number of likely N-dealkylation sites (tertiary alicyclic amines) is 1. The van der Waals surface area contributed by atoms with Crippen molar-refractivity contribution in [3.63, 3.8) is 0 Å². The van der Waals surface area contributed by atoms with Gasteiger partial charge in [0.25, 0.3) is 0 Å². The van der Waals surface area contributed by atoms with Gasteiger partial charge in [-0.15, -0.1) is 0 Å². The Morgan fingerprint density at radius 3 is 2.90 bits per heavy atom. The lowest BCUT2D eigenvalue weighted by molar-refractivity contribution is -0.117. The smallest absolute Gasteiger partial charge is 0.238 e. The number of amides is 1. The first-order valence-corrected chi connectivity index (χ1v) is 7.35. The Bertz CT molecular complexity index is 473. The summed E-state index contributed by atoms with van der Waals surface area (Å²) in [5.74, 6) is 0.0775. The van der Waals surface area contributed by atoms with Crippen molar-refractivity contribution < 1.29 is 4.79 Å². The first-order chi connectivity index (χ1) is 9.58. The number of nitrogens with one attached hydrogen (secondary N) is 2. The molecule has 1 atom stereocenters. The van der Waals surface area contributed by atoms with Crippen LogP contribution in [-0.4, -0.2) is 43.5 Å². The lowest BCUT2D eigenvalue weighted by atomic mass is 10.1. The van der Waals surface area contributed by atoms with Crippen LogP contribution in [0, 0.1) is 13.8 Å². The molecule has 0 bridgehead atoms. The van der Waals surface area contributed by atoms with E-state index < -0.39 is 0 Å². The van der Waals surface area contributed by atoms with Crippen LogP contribution < -0.4 is 10.6 Å². The number of carbonyl (C=O) groups excluding carboxylic acids is 1. The monoisotopic (exact) mass is 275 g/mol. The summed E-state index contributed by atoms with van der Waals surface area (Å²) in [7, 11) is 1.99. The Morgan fingerprint density at radius 1 is 1.40 bits per heavy atom. The van der Waals surface area contributed by atoms with E-state index in [1.165, 1.54) is 12.0 Å². The summed E-state index contributed by atoms with van der Waals surface area (Å²) in [6, 6.07) is 6.61. The van der Waals surface area contributed by atoms with Gasteiger partial charge in [0.1, 0.15) is 0 Å². The van der Waals surface area contributed by atoms with Gasteiger partial charge in [0.2, 0.25) is 5.91 Å². The van der Waals surface area contributed by atoms with Crippen molar-refractivity contribution in [1.29, 1.82) is 0 Å². The number of hydrogen-bond donors (Lipinski definition) is 2. The van der Waals surface area contributed by atoms with Gasteiger partial charge < -0.3 is 10.6 Å². The van der Waals surface area contributed by atoms with E-state index in [2.05, 4.69) is 28.5 Å². The maximum Gasteiger partial charge on any atom is 0.238 e. The molecule has 1 aliphatic rings. The third kappa shape index (κ3) is 4.05. The molecule has 4 heteroatoms. The van der Waals surface area contributed by atoms with E-state index in [1.54, 1.807) is 0 Å². The first-order valence-electron chi connectivity index (χ1n) is 7.35. The Morgan fingerprint density at radius 2 is 2.20 bits per heavy atom. The predicted molar refractivity (Wildman–Crippen MR) is 83.1 cm³/mol. The Kier molecular flexibility index (Phi) is 5.15. The van der Waals surface area contributed by atoms with E-state index in [-0.39, 0.29) is 5.91 Å². The van der Waals surface area contributed by atoms with Gasteiger partial charge in [0.05, 0.1) is 6.54 Å². The highest BCUT2D eigenvalue weighted by Gasteiger charge is 2.20. The molecule has 1 unspecified atom stereocenters. The third-order valence-corrected chi connectivity index (χ3v) is 3.94. The van der Waals surface area contributed by atoms with Gasteiger partial charge in [0.15, 0.2) is 0 Å². The molecule has 1 fully saturated rings. The zero-order chi connectivity index (χ0) is 14.5. The largest absolute Gasteiger partial charge is 0.325 e. The molecule has 1 saturated heterocycles. The summed E-state index contributed by atoms with van der Waals surface area (Å²) in [5.41, 5.74) is 3.25. The normalized spacial score (nSPS) is 19.9. The molecule has 0 saturated carbocycles. The van der Waals surface area contributed by atoms with Crippen LogP contribution in [0.3, 0.4) is 0 Å². The van der Waals surface area contributed by atoms with Crippen molar-refractivity contribution in [2.24, 2.45) is 0 Å². The molecule has 110 valence electrons. The second-order valence-electron chi connectivity index (χ2n) is 5.73. The standard InChI is InChI=1S/C16H25N3O/c1-12-6-7-15(13(2)9-12)18-16(20)11-19-8-4-5-14(10-19)17-3/h6-7,9,14,17H,4-5,8,10-11H2,1-3H3,(H,18,20). The molecule has 4 nitrogen and oxygen atoms in total. The molecule has 0 spiro atoms. The second kappa shape index (κ2) is 6.86. The van der Waals surface area contributed by atoms with Gasteiger partial charge >= 0.3 is 0 Å².